The first-order valence-electron chi connectivity index (χ1n) is 10.6. The average molecular weight is 477 g/mol. The summed E-state index contributed by atoms with van der Waals surface area (Å²) in [6.07, 6.45) is 1.84. The number of benzene rings is 2. The molecule has 0 radical (unpaired) electrons. The molecule has 0 spiro atoms. The molecule has 7 heteroatoms. The SMILES string of the molecule is C=CCn1c(C)cc(C(=O)CSc2nnc(-c3ccccc3Cl)n2Cc2ccccc2)c1C. The summed E-state index contributed by atoms with van der Waals surface area (Å²) in [5, 5.41) is 10.1. The Morgan fingerprint density at radius 1 is 1.06 bits per heavy atom. The fraction of sp³-hybridized carbons (Fsp3) is 0.192. The van der Waals surface area contributed by atoms with Crippen LogP contribution >= 0.6 is 23.4 Å². The van der Waals surface area contributed by atoms with Crippen molar-refractivity contribution in [3.63, 3.8) is 0 Å². The minimum atomic E-state index is 0.0666. The van der Waals surface area contributed by atoms with Crippen molar-refractivity contribution in [3.05, 3.63) is 101 Å². The Labute approximate surface area is 203 Å². The normalized spacial score (nSPS) is 11.0. The molecule has 2 heterocycles. The second-order valence-corrected chi connectivity index (χ2v) is 9.10. The van der Waals surface area contributed by atoms with Crippen LogP contribution in [0.4, 0.5) is 0 Å². The largest absolute Gasteiger partial charge is 0.345 e. The summed E-state index contributed by atoms with van der Waals surface area (Å²) in [5.41, 5.74) is 4.68. The summed E-state index contributed by atoms with van der Waals surface area (Å²) < 4.78 is 4.12. The van der Waals surface area contributed by atoms with E-state index in [4.69, 9.17) is 11.6 Å². The number of ketones is 1. The van der Waals surface area contributed by atoms with E-state index in [2.05, 4.69) is 33.5 Å². The molecule has 0 aliphatic rings. The lowest BCUT2D eigenvalue weighted by Crippen LogP contribution is -2.08. The Bertz CT molecular complexity index is 1290. The zero-order valence-electron chi connectivity index (χ0n) is 18.7. The van der Waals surface area contributed by atoms with E-state index in [9.17, 15) is 4.79 Å². The van der Waals surface area contributed by atoms with Gasteiger partial charge >= 0.3 is 0 Å². The van der Waals surface area contributed by atoms with Gasteiger partial charge in [0.05, 0.1) is 17.3 Å². The second kappa shape index (κ2) is 10.2. The number of hydrogen-bond donors (Lipinski definition) is 0. The molecule has 0 N–H and O–H groups in total. The molecular weight excluding hydrogens is 452 g/mol. The summed E-state index contributed by atoms with van der Waals surface area (Å²) in [6, 6.07) is 19.7. The number of halogens is 1. The van der Waals surface area contributed by atoms with Gasteiger partial charge in [0.1, 0.15) is 0 Å². The van der Waals surface area contributed by atoms with Gasteiger partial charge in [0.25, 0.3) is 0 Å². The monoisotopic (exact) mass is 476 g/mol. The van der Waals surface area contributed by atoms with Crippen LogP contribution in [0, 0.1) is 13.8 Å². The first-order valence-corrected chi connectivity index (χ1v) is 12.0. The molecule has 0 fully saturated rings. The Hall–Kier alpha value is -3.09. The first-order chi connectivity index (χ1) is 16.0. The van der Waals surface area contributed by atoms with E-state index in [0.717, 1.165) is 28.1 Å². The zero-order valence-corrected chi connectivity index (χ0v) is 20.2. The van der Waals surface area contributed by atoms with Gasteiger partial charge in [0.2, 0.25) is 0 Å². The molecule has 0 saturated carbocycles. The van der Waals surface area contributed by atoms with Crippen molar-refractivity contribution >= 4 is 29.1 Å². The summed E-state index contributed by atoms with van der Waals surface area (Å²) in [7, 11) is 0. The number of carbonyl (C=O) groups excluding carboxylic acids is 1. The van der Waals surface area contributed by atoms with Crippen molar-refractivity contribution in [3.8, 4) is 11.4 Å². The van der Waals surface area contributed by atoms with Gasteiger partial charge in [-0.2, -0.15) is 0 Å². The van der Waals surface area contributed by atoms with E-state index in [1.807, 2.05) is 73.0 Å². The van der Waals surface area contributed by atoms with Gasteiger partial charge in [-0.25, -0.2) is 0 Å². The van der Waals surface area contributed by atoms with Crippen LogP contribution < -0.4 is 0 Å². The van der Waals surface area contributed by atoms with Crippen LogP contribution in [-0.4, -0.2) is 30.9 Å². The predicted molar refractivity (Wildman–Crippen MR) is 135 cm³/mol. The maximum absolute atomic E-state index is 13.1. The summed E-state index contributed by atoms with van der Waals surface area (Å²) in [6.45, 7) is 9.06. The molecule has 2 aromatic carbocycles. The predicted octanol–water partition coefficient (Wildman–Crippen LogP) is 6.23. The third-order valence-corrected chi connectivity index (χ3v) is 6.83. The summed E-state index contributed by atoms with van der Waals surface area (Å²) >= 11 is 7.85. The van der Waals surface area contributed by atoms with Crippen LogP contribution in [0.2, 0.25) is 5.02 Å². The van der Waals surface area contributed by atoms with Crippen LogP contribution in [-0.2, 0) is 13.1 Å². The Kier molecular flexibility index (Phi) is 7.16. The quantitative estimate of drug-likeness (QED) is 0.163. The molecule has 2 aromatic heterocycles. The number of hydrogen-bond acceptors (Lipinski definition) is 4. The standard InChI is InChI=1S/C26H25ClN4OS/c1-4-14-30-18(2)15-22(19(30)3)24(32)17-33-26-29-28-25(21-12-8-9-13-23(21)27)31(26)16-20-10-6-5-7-11-20/h4-13,15H,1,14,16-17H2,2-3H3. The van der Waals surface area contributed by atoms with Crippen LogP contribution in [0.15, 0.2) is 78.5 Å². The molecule has 4 rings (SSSR count). The molecule has 168 valence electrons. The molecule has 0 aliphatic heterocycles. The van der Waals surface area contributed by atoms with E-state index in [-0.39, 0.29) is 11.5 Å². The van der Waals surface area contributed by atoms with Crippen molar-refractivity contribution in [2.75, 3.05) is 5.75 Å². The van der Waals surface area contributed by atoms with Crippen molar-refractivity contribution in [2.45, 2.75) is 32.1 Å². The van der Waals surface area contributed by atoms with Crippen molar-refractivity contribution in [1.82, 2.24) is 19.3 Å². The number of carbonyl (C=O) groups is 1. The minimum Gasteiger partial charge on any atom is -0.345 e. The Morgan fingerprint density at radius 3 is 2.52 bits per heavy atom. The molecule has 0 aliphatic carbocycles. The highest BCUT2D eigenvalue weighted by atomic mass is 35.5. The number of Topliss-reactive ketones (excluding diaryl/α,β-unsaturated/α-hetero) is 1. The van der Waals surface area contributed by atoms with E-state index in [1.54, 1.807) is 0 Å². The molecular formula is C26H25ClN4OS. The highest BCUT2D eigenvalue weighted by Crippen LogP contribution is 2.30. The first kappa shape index (κ1) is 23.1. The topological polar surface area (TPSA) is 52.7 Å². The number of aryl methyl sites for hydroxylation is 1. The maximum atomic E-state index is 13.1. The van der Waals surface area contributed by atoms with E-state index >= 15 is 0 Å². The highest BCUT2D eigenvalue weighted by molar-refractivity contribution is 7.99. The zero-order chi connectivity index (χ0) is 23.4. The average Bonchev–Trinajstić information content (AvgIpc) is 3.34. The molecule has 0 bridgehead atoms. The van der Waals surface area contributed by atoms with Crippen LogP contribution in [0.5, 0.6) is 0 Å². The molecule has 0 saturated heterocycles. The third-order valence-electron chi connectivity index (χ3n) is 5.53. The van der Waals surface area contributed by atoms with Gasteiger partial charge in [0, 0.05) is 29.1 Å². The minimum absolute atomic E-state index is 0.0666. The van der Waals surface area contributed by atoms with Gasteiger partial charge in [-0.05, 0) is 37.6 Å². The molecule has 0 atom stereocenters. The van der Waals surface area contributed by atoms with Crippen LogP contribution in [0.1, 0.15) is 27.3 Å². The number of aromatic nitrogens is 4. The highest BCUT2D eigenvalue weighted by Gasteiger charge is 2.20. The number of allylic oxidation sites excluding steroid dienone is 1. The van der Waals surface area contributed by atoms with E-state index in [0.29, 0.717) is 29.1 Å². The summed E-state index contributed by atoms with van der Waals surface area (Å²) in [5.74, 6) is 1.02. The van der Waals surface area contributed by atoms with Crippen molar-refractivity contribution in [1.29, 1.82) is 0 Å². The van der Waals surface area contributed by atoms with Gasteiger partial charge < -0.3 is 4.57 Å². The Balaban J connectivity index is 1.63. The molecule has 5 nitrogen and oxygen atoms in total. The lowest BCUT2D eigenvalue weighted by molar-refractivity contribution is 0.102. The lowest BCUT2D eigenvalue weighted by atomic mass is 10.2. The fourth-order valence-electron chi connectivity index (χ4n) is 3.85. The van der Waals surface area contributed by atoms with Gasteiger partial charge in [-0.1, -0.05) is 71.9 Å². The van der Waals surface area contributed by atoms with Gasteiger partial charge in [-0.15, -0.1) is 16.8 Å². The molecule has 33 heavy (non-hydrogen) atoms. The van der Waals surface area contributed by atoms with Crippen molar-refractivity contribution < 1.29 is 4.79 Å². The molecule has 0 unspecified atom stereocenters. The van der Waals surface area contributed by atoms with Crippen molar-refractivity contribution in [2.24, 2.45) is 0 Å². The fourth-order valence-corrected chi connectivity index (χ4v) is 4.89. The molecule has 4 aromatic rings. The molecule has 0 amide bonds. The third kappa shape index (κ3) is 4.97. The van der Waals surface area contributed by atoms with Gasteiger partial charge in [-0.3, -0.25) is 9.36 Å². The maximum Gasteiger partial charge on any atom is 0.192 e. The Morgan fingerprint density at radius 2 is 1.79 bits per heavy atom. The van der Waals surface area contributed by atoms with Gasteiger partial charge in [0.15, 0.2) is 16.8 Å². The smallest absolute Gasteiger partial charge is 0.192 e. The number of nitrogens with zero attached hydrogens (tertiary/aromatic N) is 4. The van der Waals surface area contributed by atoms with E-state index in [1.165, 1.54) is 11.8 Å². The van der Waals surface area contributed by atoms with Crippen LogP contribution in [0.25, 0.3) is 11.4 Å². The van der Waals surface area contributed by atoms with Crippen LogP contribution in [0.3, 0.4) is 0 Å². The van der Waals surface area contributed by atoms with E-state index < -0.39 is 0 Å². The second-order valence-electron chi connectivity index (χ2n) is 7.75. The lowest BCUT2D eigenvalue weighted by Gasteiger charge is -2.11. The number of thioether (sulfide) groups is 1. The number of rotatable bonds is 9. The summed E-state index contributed by atoms with van der Waals surface area (Å²) in [4.78, 5) is 13.1.